The Hall–Kier alpha value is -0.810. The quantitative estimate of drug-likeness (QED) is 0.927. The molecule has 1 aliphatic rings. The van der Waals surface area contributed by atoms with Crippen LogP contribution in [0.4, 0.5) is 0 Å². The molecule has 2 unspecified atom stereocenters. The van der Waals surface area contributed by atoms with Crippen LogP contribution in [0.25, 0.3) is 0 Å². The van der Waals surface area contributed by atoms with Crippen LogP contribution < -0.4 is 5.32 Å². The van der Waals surface area contributed by atoms with Crippen molar-refractivity contribution in [3.8, 4) is 0 Å². The van der Waals surface area contributed by atoms with Gasteiger partial charge in [0.25, 0.3) is 5.91 Å². The molecule has 0 bridgehead atoms. The molecule has 1 aromatic heterocycles. The summed E-state index contributed by atoms with van der Waals surface area (Å²) in [6.45, 7) is 0. The Balaban J connectivity index is 1.99. The van der Waals surface area contributed by atoms with Crippen molar-refractivity contribution in [2.24, 2.45) is 0 Å². The van der Waals surface area contributed by atoms with E-state index in [1.165, 1.54) is 19.3 Å². The van der Waals surface area contributed by atoms with Crippen LogP contribution >= 0.6 is 23.4 Å². The normalized spacial score (nSPS) is 23.7. The molecule has 1 aliphatic carbocycles. The van der Waals surface area contributed by atoms with Crippen molar-refractivity contribution in [3.05, 3.63) is 23.0 Å². The van der Waals surface area contributed by atoms with E-state index in [2.05, 4.69) is 21.8 Å². The molecule has 18 heavy (non-hydrogen) atoms. The molecule has 2 atom stereocenters. The van der Waals surface area contributed by atoms with Gasteiger partial charge in [-0.2, -0.15) is 11.8 Å². The Bertz CT molecular complexity index is 412. The first-order valence-electron chi connectivity index (χ1n) is 6.03. The fourth-order valence-corrected chi connectivity index (χ4v) is 3.26. The summed E-state index contributed by atoms with van der Waals surface area (Å²) in [5.41, 5.74) is 0.324. The number of nitrogens with zero attached hydrogens (tertiary/aromatic N) is 2. The molecule has 98 valence electrons. The minimum Gasteiger partial charge on any atom is -0.347 e. The summed E-state index contributed by atoms with van der Waals surface area (Å²) in [6, 6.07) is 3.41. The highest BCUT2D eigenvalue weighted by molar-refractivity contribution is 7.99. The molecule has 6 heteroatoms. The average molecular weight is 286 g/mol. The van der Waals surface area contributed by atoms with Gasteiger partial charge in [-0.25, -0.2) is 0 Å². The SMILES string of the molecule is CSC1CCCCC1NC(=O)c1ccc(Cl)nn1. The molecular formula is C12H16ClN3OS. The minimum absolute atomic E-state index is 0.162. The molecule has 0 radical (unpaired) electrons. The van der Waals surface area contributed by atoms with Crippen LogP contribution in [0.2, 0.25) is 5.15 Å². The molecule has 2 rings (SSSR count). The maximum Gasteiger partial charge on any atom is 0.272 e. The van der Waals surface area contributed by atoms with E-state index in [9.17, 15) is 4.79 Å². The zero-order valence-corrected chi connectivity index (χ0v) is 11.8. The van der Waals surface area contributed by atoms with E-state index in [-0.39, 0.29) is 11.9 Å². The van der Waals surface area contributed by atoms with Gasteiger partial charge < -0.3 is 5.32 Å². The predicted molar refractivity (Wildman–Crippen MR) is 74.1 cm³/mol. The first-order valence-corrected chi connectivity index (χ1v) is 7.70. The summed E-state index contributed by atoms with van der Waals surface area (Å²) in [7, 11) is 0. The van der Waals surface area contributed by atoms with Gasteiger partial charge >= 0.3 is 0 Å². The van der Waals surface area contributed by atoms with Crippen LogP contribution in [0.5, 0.6) is 0 Å². The number of halogens is 1. The van der Waals surface area contributed by atoms with Crippen LogP contribution in [0.3, 0.4) is 0 Å². The van der Waals surface area contributed by atoms with E-state index in [4.69, 9.17) is 11.6 Å². The second kappa shape index (κ2) is 6.38. The highest BCUT2D eigenvalue weighted by atomic mass is 35.5. The number of carbonyl (C=O) groups excluding carboxylic acids is 1. The average Bonchev–Trinajstić information content (AvgIpc) is 2.40. The Kier molecular flexibility index (Phi) is 4.83. The molecule has 1 saturated carbocycles. The molecule has 0 aromatic carbocycles. The third-order valence-electron chi connectivity index (χ3n) is 3.19. The molecule has 1 aromatic rings. The van der Waals surface area contributed by atoms with Gasteiger partial charge in [-0.1, -0.05) is 24.4 Å². The topological polar surface area (TPSA) is 54.9 Å². The number of thioether (sulfide) groups is 1. The van der Waals surface area contributed by atoms with E-state index in [0.717, 1.165) is 6.42 Å². The van der Waals surface area contributed by atoms with E-state index in [1.54, 1.807) is 12.1 Å². The van der Waals surface area contributed by atoms with Gasteiger partial charge in [0, 0.05) is 11.3 Å². The van der Waals surface area contributed by atoms with Crippen molar-refractivity contribution in [3.63, 3.8) is 0 Å². The van der Waals surface area contributed by atoms with Gasteiger partial charge in [0.1, 0.15) is 0 Å². The standard InChI is InChI=1S/C12H16ClN3OS/c1-18-10-5-3-2-4-8(10)14-12(17)9-6-7-11(13)16-15-9/h6-8,10H,2-5H2,1H3,(H,14,17). The molecule has 1 fully saturated rings. The van der Waals surface area contributed by atoms with Crippen molar-refractivity contribution in [1.29, 1.82) is 0 Å². The van der Waals surface area contributed by atoms with Crippen LogP contribution in [0, 0.1) is 0 Å². The summed E-state index contributed by atoms with van der Waals surface area (Å²) in [4.78, 5) is 12.0. The molecule has 0 aliphatic heterocycles. The first kappa shape index (κ1) is 13.6. The number of hydrogen-bond donors (Lipinski definition) is 1. The Morgan fingerprint density at radius 2 is 2.17 bits per heavy atom. The zero-order valence-electron chi connectivity index (χ0n) is 10.2. The van der Waals surface area contributed by atoms with E-state index in [0.29, 0.717) is 16.1 Å². The lowest BCUT2D eigenvalue weighted by Gasteiger charge is -2.30. The second-order valence-corrected chi connectivity index (χ2v) is 5.84. The number of hydrogen-bond acceptors (Lipinski definition) is 4. The summed E-state index contributed by atoms with van der Waals surface area (Å²) in [5, 5.41) is 11.3. The summed E-state index contributed by atoms with van der Waals surface area (Å²) >= 11 is 7.47. The van der Waals surface area contributed by atoms with E-state index in [1.807, 2.05) is 11.8 Å². The maximum atomic E-state index is 12.0. The lowest BCUT2D eigenvalue weighted by Crippen LogP contribution is -2.43. The highest BCUT2D eigenvalue weighted by Crippen LogP contribution is 2.27. The van der Waals surface area contributed by atoms with Gasteiger partial charge in [-0.3, -0.25) is 4.79 Å². The predicted octanol–water partition coefficient (Wildman–Crippen LogP) is 2.53. The van der Waals surface area contributed by atoms with Crippen molar-refractivity contribution in [2.45, 2.75) is 37.0 Å². The molecule has 1 amide bonds. The van der Waals surface area contributed by atoms with Crippen LogP contribution in [0.1, 0.15) is 36.2 Å². The lowest BCUT2D eigenvalue weighted by atomic mass is 9.95. The van der Waals surface area contributed by atoms with Crippen LogP contribution in [-0.2, 0) is 0 Å². The maximum absolute atomic E-state index is 12.0. The lowest BCUT2D eigenvalue weighted by molar-refractivity contribution is 0.0923. The first-order chi connectivity index (χ1) is 8.70. The number of carbonyl (C=O) groups is 1. The molecule has 1 heterocycles. The monoisotopic (exact) mass is 285 g/mol. The zero-order chi connectivity index (χ0) is 13.0. The van der Waals surface area contributed by atoms with Crippen molar-refractivity contribution in [1.82, 2.24) is 15.5 Å². The third kappa shape index (κ3) is 3.36. The smallest absolute Gasteiger partial charge is 0.272 e. The Labute approximate surface area is 116 Å². The fourth-order valence-electron chi connectivity index (χ4n) is 2.22. The van der Waals surface area contributed by atoms with Gasteiger partial charge in [-0.15, -0.1) is 10.2 Å². The van der Waals surface area contributed by atoms with Crippen LogP contribution in [0.15, 0.2) is 12.1 Å². The van der Waals surface area contributed by atoms with Gasteiger partial charge in [0.15, 0.2) is 10.8 Å². The van der Waals surface area contributed by atoms with Gasteiger partial charge in [0.05, 0.1) is 0 Å². The van der Waals surface area contributed by atoms with Crippen molar-refractivity contribution < 1.29 is 4.79 Å². The Morgan fingerprint density at radius 1 is 1.39 bits per heavy atom. The minimum atomic E-state index is -0.162. The van der Waals surface area contributed by atoms with E-state index < -0.39 is 0 Å². The van der Waals surface area contributed by atoms with E-state index >= 15 is 0 Å². The Morgan fingerprint density at radius 3 is 2.83 bits per heavy atom. The largest absolute Gasteiger partial charge is 0.347 e. The number of rotatable bonds is 3. The molecule has 1 N–H and O–H groups in total. The highest BCUT2D eigenvalue weighted by Gasteiger charge is 2.26. The summed E-state index contributed by atoms with van der Waals surface area (Å²) < 4.78 is 0. The number of amides is 1. The van der Waals surface area contributed by atoms with Crippen LogP contribution in [-0.4, -0.2) is 33.7 Å². The second-order valence-electron chi connectivity index (χ2n) is 4.38. The number of aromatic nitrogens is 2. The molecular weight excluding hydrogens is 270 g/mol. The molecule has 4 nitrogen and oxygen atoms in total. The summed E-state index contributed by atoms with van der Waals surface area (Å²) in [5.74, 6) is -0.162. The van der Waals surface area contributed by atoms with Crippen molar-refractivity contribution >= 4 is 29.3 Å². The summed E-state index contributed by atoms with van der Waals surface area (Å²) in [6.07, 6.45) is 6.72. The van der Waals surface area contributed by atoms with Gasteiger partial charge in [0.2, 0.25) is 0 Å². The van der Waals surface area contributed by atoms with Crippen molar-refractivity contribution in [2.75, 3.05) is 6.26 Å². The third-order valence-corrected chi connectivity index (χ3v) is 4.56. The molecule has 0 spiro atoms. The number of nitrogens with one attached hydrogen (secondary N) is 1. The fraction of sp³-hybridized carbons (Fsp3) is 0.583. The molecule has 0 saturated heterocycles. The van der Waals surface area contributed by atoms with Gasteiger partial charge in [-0.05, 0) is 31.2 Å².